The van der Waals surface area contributed by atoms with Crippen LogP contribution < -0.4 is 5.73 Å². The zero-order valence-corrected chi connectivity index (χ0v) is 11.4. The summed E-state index contributed by atoms with van der Waals surface area (Å²) in [6.07, 6.45) is 2.80. The Kier molecular flexibility index (Phi) is 3.21. The Balaban J connectivity index is 2.59. The van der Waals surface area contributed by atoms with Crippen molar-refractivity contribution in [1.29, 1.82) is 0 Å². The maximum Gasteiger partial charge on any atom is 0.127 e. The fraction of sp³-hybridized carbons (Fsp3) is 0.571. The lowest BCUT2D eigenvalue weighted by molar-refractivity contribution is 0.293. The molecule has 2 rings (SSSR count). The lowest BCUT2D eigenvalue weighted by atomic mass is 9.83. The molecule has 3 heteroatoms. The monoisotopic (exact) mass is 255 g/mol. The number of halogens is 2. The maximum absolute atomic E-state index is 13.7. The molecule has 1 atom stereocenters. The van der Waals surface area contributed by atoms with E-state index in [1.54, 1.807) is 6.92 Å². The van der Waals surface area contributed by atoms with Crippen LogP contribution in [0.5, 0.6) is 0 Å². The first-order chi connectivity index (χ1) is 7.82. The molecule has 0 aliphatic heterocycles. The largest absolute Gasteiger partial charge is 0.324 e. The zero-order chi connectivity index (χ0) is 12.8. The van der Waals surface area contributed by atoms with Gasteiger partial charge in [-0.25, -0.2) is 4.39 Å². The molecular weight excluding hydrogens is 237 g/mol. The molecule has 1 aromatic carbocycles. The molecule has 1 aromatic rings. The summed E-state index contributed by atoms with van der Waals surface area (Å²) in [5.74, 6) is -0.246. The van der Waals surface area contributed by atoms with Crippen molar-refractivity contribution in [3.63, 3.8) is 0 Å². The van der Waals surface area contributed by atoms with Crippen LogP contribution in [0.3, 0.4) is 0 Å². The highest BCUT2D eigenvalue weighted by Gasteiger charge is 2.30. The van der Waals surface area contributed by atoms with Gasteiger partial charge in [0.1, 0.15) is 5.82 Å². The first-order valence-electron chi connectivity index (χ1n) is 6.05. The molecule has 1 aliphatic rings. The molecular formula is C14H19ClFN. The van der Waals surface area contributed by atoms with Crippen molar-refractivity contribution in [3.8, 4) is 0 Å². The van der Waals surface area contributed by atoms with Gasteiger partial charge in [-0.1, -0.05) is 25.4 Å². The fourth-order valence-electron chi connectivity index (χ4n) is 2.81. The minimum atomic E-state index is -0.246. The molecule has 94 valence electrons. The summed E-state index contributed by atoms with van der Waals surface area (Å²) in [4.78, 5) is 0. The molecule has 0 fully saturated rings. The van der Waals surface area contributed by atoms with Crippen LogP contribution in [0.25, 0.3) is 0 Å². The first-order valence-corrected chi connectivity index (χ1v) is 6.42. The molecule has 0 saturated carbocycles. The van der Waals surface area contributed by atoms with Crippen LogP contribution in [-0.4, -0.2) is 0 Å². The van der Waals surface area contributed by atoms with Crippen LogP contribution in [-0.2, 0) is 6.42 Å². The third-order valence-corrected chi connectivity index (χ3v) is 4.16. The third-order valence-electron chi connectivity index (χ3n) is 3.82. The minimum absolute atomic E-state index is 0.115. The second-order valence-corrected chi connectivity index (χ2v) is 6.24. The summed E-state index contributed by atoms with van der Waals surface area (Å²) in [6.45, 7) is 6.21. The van der Waals surface area contributed by atoms with Crippen molar-refractivity contribution in [3.05, 3.63) is 33.6 Å². The van der Waals surface area contributed by atoms with Gasteiger partial charge in [0.05, 0.1) is 0 Å². The summed E-state index contributed by atoms with van der Waals surface area (Å²) in [5.41, 5.74) is 9.06. The van der Waals surface area contributed by atoms with Gasteiger partial charge in [-0.05, 0) is 54.4 Å². The van der Waals surface area contributed by atoms with Gasteiger partial charge in [-0.2, -0.15) is 0 Å². The van der Waals surface area contributed by atoms with Gasteiger partial charge in [0.25, 0.3) is 0 Å². The van der Waals surface area contributed by atoms with E-state index in [2.05, 4.69) is 13.8 Å². The number of nitrogens with two attached hydrogens (primary N) is 1. The van der Waals surface area contributed by atoms with Gasteiger partial charge in [0.2, 0.25) is 0 Å². The van der Waals surface area contributed by atoms with E-state index in [-0.39, 0.29) is 17.3 Å². The van der Waals surface area contributed by atoms with Crippen LogP contribution in [0.4, 0.5) is 4.39 Å². The zero-order valence-electron chi connectivity index (χ0n) is 10.6. The number of rotatable bonds is 0. The Morgan fingerprint density at radius 1 is 1.47 bits per heavy atom. The van der Waals surface area contributed by atoms with E-state index >= 15 is 0 Å². The van der Waals surface area contributed by atoms with E-state index < -0.39 is 0 Å². The second-order valence-electron chi connectivity index (χ2n) is 5.83. The Morgan fingerprint density at radius 2 is 2.12 bits per heavy atom. The van der Waals surface area contributed by atoms with Crippen molar-refractivity contribution >= 4 is 11.6 Å². The van der Waals surface area contributed by atoms with E-state index in [0.717, 1.165) is 30.4 Å². The van der Waals surface area contributed by atoms with Crippen molar-refractivity contribution in [1.82, 2.24) is 0 Å². The molecule has 1 aliphatic carbocycles. The topological polar surface area (TPSA) is 26.0 Å². The Morgan fingerprint density at radius 3 is 2.76 bits per heavy atom. The predicted octanol–water partition coefficient (Wildman–Crippen LogP) is 4.15. The van der Waals surface area contributed by atoms with Crippen LogP contribution in [0.15, 0.2) is 6.07 Å². The summed E-state index contributed by atoms with van der Waals surface area (Å²) >= 11 is 6.15. The fourth-order valence-corrected chi connectivity index (χ4v) is 3.10. The number of hydrogen-bond donors (Lipinski definition) is 1. The second kappa shape index (κ2) is 4.25. The van der Waals surface area contributed by atoms with E-state index in [1.165, 1.54) is 6.07 Å². The molecule has 0 bridgehead atoms. The molecule has 17 heavy (non-hydrogen) atoms. The summed E-state index contributed by atoms with van der Waals surface area (Å²) < 4.78 is 13.7. The average molecular weight is 256 g/mol. The van der Waals surface area contributed by atoms with E-state index in [0.29, 0.717) is 10.6 Å². The predicted molar refractivity (Wildman–Crippen MR) is 69.8 cm³/mol. The van der Waals surface area contributed by atoms with Crippen LogP contribution in [0.1, 0.15) is 49.4 Å². The molecule has 0 saturated heterocycles. The molecule has 0 spiro atoms. The van der Waals surface area contributed by atoms with Crippen molar-refractivity contribution in [2.45, 2.75) is 46.1 Å². The van der Waals surface area contributed by atoms with Crippen LogP contribution in [0.2, 0.25) is 5.02 Å². The Hall–Kier alpha value is -0.600. The Bertz CT molecular complexity index is 454. The van der Waals surface area contributed by atoms with Crippen molar-refractivity contribution in [2.24, 2.45) is 11.1 Å². The summed E-state index contributed by atoms with van der Waals surface area (Å²) in [7, 11) is 0. The SMILES string of the molecule is Cc1c(F)cc(Cl)c2c1C(N)CC(C)(C)CC2. The van der Waals surface area contributed by atoms with Gasteiger partial charge >= 0.3 is 0 Å². The number of hydrogen-bond acceptors (Lipinski definition) is 1. The van der Waals surface area contributed by atoms with Gasteiger partial charge in [0.15, 0.2) is 0 Å². The molecule has 0 amide bonds. The Labute approximate surface area is 107 Å². The molecule has 1 unspecified atom stereocenters. The lowest BCUT2D eigenvalue weighted by Crippen LogP contribution is -2.20. The number of fused-ring (bicyclic) bond motifs is 1. The lowest BCUT2D eigenvalue weighted by Gasteiger charge is -2.25. The standard InChI is InChI=1S/C14H19ClFN/c1-8-11(16)6-10(15)9-4-5-14(2,3)7-12(17)13(8)9/h6,12H,4-5,7,17H2,1-3H3. The van der Waals surface area contributed by atoms with Gasteiger partial charge < -0.3 is 5.73 Å². The van der Waals surface area contributed by atoms with Gasteiger partial charge in [-0.15, -0.1) is 0 Å². The summed E-state index contributed by atoms with van der Waals surface area (Å²) in [5, 5.41) is 0.524. The smallest absolute Gasteiger partial charge is 0.127 e. The number of benzene rings is 1. The van der Waals surface area contributed by atoms with E-state index in [1.807, 2.05) is 0 Å². The van der Waals surface area contributed by atoms with Crippen LogP contribution >= 0.6 is 11.6 Å². The van der Waals surface area contributed by atoms with Crippen molar-refractivity contribution in [2.75, 3.05) is 0 Å². The van der Waals surface area contributed by atoms with Gasteiger partial charge in [0, 0.05) is 11.1 Å². The molecule has 1 nitrogen and oxygen atoms in total. The van der Waals surface area contributed by atoms with Crippen molar-refractivity contribution < 1.29 is 4.39 Å². The van der Waals surface area contributed by atoms with Crippen LogP contribution in [0, 0.1) is 18.2 Å². The maximum atomic E-state index is 13.7. The highest BCUT2D eigenvalue weighted by Crippen LogP contribution is 2.42. The first kappa shape index (κ1) is 12.8. The highest BCUT2D eigenvalue weighted by atomic mass is 35.5. The summed E-state index contributed by atoms with van der Waals surface area (Å²) in [6, 6.07) is 1.30. The van der Waals surface area contributed by atoms with Gasteiger partial charge in [-0.3, -0.25) is 0 Å². The van der Waals surface area contributed by atoms with E-state index in [4.69, 9.17) is 17.3 Å². The average Bonchev–Trinajstić information content (AvgIpc) is 2.31. The third kappa shape index (κ3) is 2.34. The molecule has 0 aromatic heterocycles. The molecule has 0 heterocycles. The van der Waals surface area contributed by atoms with E-state index in [9.17, 15) is 4.39 Å². The highest BCUT2D eigenvalue weighted by molar-refractivity contribution is 6.31. The normalized spacial score (nSPS) is 23.1. The molecule has 0 radical (unpaired) electrons. The quantitative estimate of drug-likeness (QED) is 0.693. The minimum Gasteiger partial charge on any atom is -0.324 e. The molecule has 2 N–H and O–H groups in total.